The lowest BCUT2D eigenvalue weighted by molar-refractivity contribution is -0.129. The molecule has 0 saturated heterocycles. The van der Waals surface area contributed by atoms with Gasteiger partial charge in [0.2, 0.25) is 6.10 Å². The number of hydrogen-bond donors (Lipinski definition) is 3. The van der Waals surface area contributed by atoms with Gasteiger partial charge in [0.1, 0.15) is 5.69 Å². The monoisotopic (exact) mass is 365 g/mol. The summed E-state index contributed by atoms with van der Waals surface area (Å²) >= 11 is 0. The lowest BCUT2D eigenvalue weighted by Gasteiger charge is -2.17. The molecule has 3 N–H and O–H groups in total. The van der Waals surface area contributed by atoms with Gasteiger partial charge in [-0.2, -0.15) is 0 Å². The van der Waals surface area contributed by atoms with Crippen LogP contribution >= 0.6 is 0 Å². The summed E-state index contributed by atoms with van der Waals surface area (Å²) in [6, 6.07) is 16.9. The van der Waals surface area contributed by atoms with Crippen molar-refractivity contribution >= 4 is 28.8 Å². The molecular weight excluding hydrogens is 346 g/mol. The molecule has 3 rings (SSSR count). The summed E-state index contributed by atoms with van der Waals surface area (Å²) in [6.45, 7) is 2.10. The molecule has 1 aromatic heterocycles. The van der Waals surface area contributed by atoms with Gasteiger partial charge in [0.05, 0.1) is 0 Å². The van der Waals surface area contributed by atoms with Crippen molar-refractivity contribution in [1.82, 2.24) is 15.6 Å². The molecule has 7 nitrogen and oxygen atoms in total. The number of benzene rings is 2. The van der Waals surface area contributed by atoms with Crippen molar-refractivity contribution in [3.8, 4) is 0 Å². The van der Waals surface area contributed by atoms with Gasteiger partial charge in [0, 0.05) is 23.0 Å². The Morgan fingerprint density at radius 3 is 2.44 bits per heavy atom. The lowest BCUT2D eigenvalue weighted by Crippen LogP contribution is -2.42. The molecular formula is C20H19N3O4. The van der Waals surface area contributed by atoms with Crippen LogP contribution in [-0.2, 0) is 9.53 Å². The number of carbonyl (C=O) groups is 3. The van der Waals surface area contributed by atoms with E-state index in [0.717, 1.165) is 10.9 Å². The Morgan fingerprint density at radius 1 is 1.04 bits per heavy atom. The van der Waals surface area contributed by atoms with Gasteiger partial charge < -0.3 is 15.0 Å². The Labute approximate surface area is 155 Å². The number of imide groups is 1. The second-order valence-electron chi connectivity index (χ2n) is 5.82. The molecule has 0 radical (unpaired) electrons. The van der Waals surface area contributed by atoms with Crippen LogP contribution in [0.5, 0.6) is 0 Å². The van der Waals surface area contributed by atoms with E-state index in [1.807, 2.05) is 24.3 Å². The quantitative estimate of drug-likeness (QED) is 0.605. The number of aromatic nitrogens is 1. The molecule has 2 aromatic carbocycles. The summed E-state index contributed by atoms with van der Waals surface area (Å²) in [4.78, 5) is 39.7. The second-order valence-corrected chi connectivity index (χ2v) is 5.82. The Hall–Kier alpha value is -3.61. The summed E-state index contributed by atoms with van der Waals surface area (Å²) in [6.07, 6.45) is -1.26. The van der Waals surface area contributed by atoms with Gasteiger partial charge in [-0.1, -0.05) is 48.5 Å². The number of hydrogen-bond acceptors (Lipinski definition) is 4. The van der Waals surface area contributed by atoms with Crippen LogP contribution in [0.4, 0.5) is 4.79 Å². The largest absolute Gasteiger partial charge is 0.443 e. The smallest absolute Gasteiger partial charge is 0.355 e. The number of esters is 1. The predicted molar refractivity (Wildman–Crippen MR) is 100 cm³/mol. The zero-order valence-corrected chi connectivity index (χ0v) is 14.7. The Kier molecular flexibility index (Phi) is 5.51. The predicted octanol–water partition coefficient (Wildman–Crippen LogP) is 2.91. The standard InChI is InChI=1S/C20H19N3O4/c1-2-21-20(26)23-18(24)17(13-8-4-3-5-9-13)27-19(25)16-12-14-10-6-7-11-15(14)22-16/h3-12,17,22H,2H2,1H3,(H2,21,23,24,26)/t17-/m0/s1. The Balaban J connectivity index is 1.83. The van der Waals surface area contributed by atoms with Gasteiger partial charge in [-0.05, 0) is 19.1 Å². The van der Waals surface area contributed by atoms with Crippen LogP contribution in [0.15, 0.2) is 60.7 Å². The molecule has 138 valence electrons. The molecule has 0 unspecified atom stereocenters. The molecule has 27 heavy (non-hydrogen) atoms. The molecule has 3 amide bonds. The molecule has 7 heteroatoms. The van der Waals surface area contributed by atoms with Crippen LogP contribution in [0.2, 0.25) is 0 Å². The number of para-hydroxylation sites is 1. The van der Waals surface area contributed by atoms with Crippen molar-refractivity contribution in [2.24, 2.45) is 0 Å². The minimum atomic E-state index is -1.26. The zero-order chi connectivity index (χ0) is 19.2. The van der Waals surface area contributed by atoms with Crippen LogP contribution in [0, 0.1) is 0 Å². The fraction of sp³-hybridized carbons (Fsp3) is 0.150. The average molecular weight is 365 g/mol. The van der Waals surface area contributed by atoms with Crippen LogP contribution in [-0.4, -0.2) is 29.4 Å². The van der Waals surface area contributed by atoms with Gasteiger partial charge in [0.15, 0.2) is 0 Å². The van der Waals surface area contributed by atoms with Crippen molar-refractivity contribution in [2.45, 2.75) is 13.0 Å². The van der Waals surface area contributed by atoms with Crippen molar-refractivity contribution in [1.29, 1.82) is 0 Å². The first-order valence-corrected chi connectivity index (χ1v) is 8.51. The van der Waals surface area contributed by atoms with E-state index in [-0.39, 0.29) is 5.69 Å². The highest BCUT2D eigenvalue weighted by Gasteiger charge is 2.27. The molecule has 0 aliphatic rings. The van der Waals surface area contributed by atoms with Gasteiger partial charge in [-0.15, -0.1) is 0 Å². The minimum Gasteiger partial charge on any atom is -0.443 e. The van der Waals surface area contributed by atoms with E-state index in [4.69, 9.17) is 4.74 Å². The Morgan fingerprint density at radius 2 is 1.74 bits per heavy atom. The fourth-order valence-corrected chi connectivity index (χ4v) is 2.64. The van der Waals surface area contributed by atoms with E-state index in [0.29, 0.717) is 12.1 Å². The molecule has 0 bridgehead atoms. The number of nitrogens with one attached hydrogen (secondary N) is 3. The van der Waals surface area contributed by atoms with Crippen LogP contribution in [0.25, 0.3) is 10.9 Å². The molecule has 1 atom stereocenters. The van der Waals surface area contributed by atoms with E-state index >= 15 is 0 Å². The molecule has 0 fully saturated rings. The number of aromatic amines is 1. The maximum atomic E-state index is 12.6. The van der Waals surface area contributed by atoms with Crippen molar-refractivity contribution in [3.05, 3.63) is 71.9 Å². The van der Waals surface area contributed by atoms with Gasteiger partial charge >= 0.3 is 12.0 Å². The van der Waals surface area contributed by atoms with Gasteiger partial charge in [-0.25, -0.2) is 9.59 Å². The zero-order valence-electron chi connectivity index (χ0n) is 14.7. The number of fused-ring (bicyclic) bond motifs is 1. The van der Waals surface area contributed by atoms with Gasteiger partial charge in [0.25, 0.3) is 5.91 Å². The second kappa shape index (κ2) is 8.18. The molecule has 0 spiro atoms. The maximum Gasteiger partial charge on any atom is 0.355 e. The fourth-order valence-electron chi connectivity index (χ4n) is 2.64. The third kappa shape index (κ3) is 4.33. The highest BCUT2D eigenvalue weighted by molar-refractivity contribution is 6.00. The highest BCUT2D eigenvalue weighted by atomic mass is 16.5. The van der Waals surface area contributed by atoms with Crippen LogP contribution in [0.3, 0.4) is 0 Å². The number of carbonyl (C=O) groups excluding carboxylic acids is 3. The minimum absolute atomic E-state index is 0.225. The van der Waals surface area contributed by atoms with E-state index < -0.39 is 24.0 Å². The first-order valence-electron chi connectivity index (χ1n) is 8.51. The molecule has 1 heterocycles. The molecule has 0 aliphatic carbocycles. The van der Waals surface area contributed by atoms with Gasteiger partial charge in [-0.3, -0.25) is 10.1 Å². The number of H-pyrrole nitrogens is 1. The van der Waals surface area contributed by atoms with Crippen LogP contribution < -0.4 is 10.6 Å². The average Bonchev–Trinajstić information content (AvgIpc) is 3.11. The first-order chi connectivity index (χ1) is 13.1. The van der Waals surface area contributed by atoms with Crippen molar-refractivity contribution in [3.63, 3.8) is 0 Å². The molecule has 0 saturated carbocycles. The SMILES string of the molecule is CCNC(=O)NC(=O)[C@@H](OC(=O)c1cc2ccccc2[nH]1)c1ccccc1. The number of ether oxygens (including phenoxy) is 1. The summed E-state index contributed by atoms with van der Waals surface area (Å²) in [5.41, 5.74) is 1.47. The normalized spacial score (nSPS) is 11.6. The third-order valence-electron chi connectivity index (χ3n) is 3.89. The lowest BCUT2D eigenvalue weighted by atomic mass is 10.1. The first kappa shape index (κ1) is 18.2. The van der Waals surface area contributed by atoms with E-state index in [1.54, 1.807) is 43.3 Å². The summed E-state index contributed by atoms with van der Waals surface area (Å²) in [5.74, 6) is -1.41. The molecule has 0 aliphatic heterocycles. The molecule has 3 aromatic rings. The topological polar surface area (TPSA) is 100 Å². The number of amides is 3. The maximum absolute atomic E-state index is 12.6. The van der Waals surface area contributed by atoms with E-state index in [1.165, 1.54) is 0 Å². The van der Waals surface area contributed by atoms with Crippen molar-refractivity contribution < 1.29 is 19.1 Å². The summed E-state index contributed by atoms with van der Waals surface area (Å²) in [7, 11) is 0. The third-order valence-corrected chi connectivity index (χ3v) is 3.89. The van der Waals surface area contributed by atoms with E-state index in [2.05, 4.69) is 15.6 Å². The van der Waals surface area contributed by atoms with Crippen molar-refractivity contribution in [2.75, 3.05) is 6.54 Å². The highest BCUT2D eigenvalue weighted by Crippen LogP contribution is 2.21. The number of urea groups is 1. The van der Waals surface area contributed by atoms with E-state index in [9.17, 15) is 14.4 Å². The summed E-state index contributed by atoms with van der Waals surface area (Å²) in [5, 5.41) is 5.51. The van der Waals surface area contributed by atoms with Crippen LogP contribution in [0.1, 0.15) is 29.1 Å². The Bertz CT molecular complexity index is 933. The summed E-state index contributed by atoms with van der Waals surface area (Å²) < 4.78 is 5.43. The number of rotatable bonds is 5.